The van der Waals surface area contributed by atoms with Gasteiger partial charge in [0, 0.05) is 10.4 Å². The summed E-state index contributed by atoms with van der Waals surface area (Å²) in [4.78, 5) is 0. The van der Waals surface area contributed by atoms with Crippen LogP contribution in [0.15, 0.2) is 24.3 Å². The van der Waals surface area contributed by atoms with Crippen LogP contribution in [0, 0.1) is 62.5 Å². The maximum absolute atomic E-state index is 14.8. The third-order valence-electron chi connectivity index (χ3n) is 4.28. The van der Waals surface area contributed by atoms with Gasteiger partial charge < -0.3 is 0 Å². The van der Waals surface area contributed by atoms with Crippen molar-refractivity contribution in [2.75, 3.05) is 0 Å². The van der Waals surface area contributed by atoms with E-state index in [-0.39, 0.29) is 12.1 Å². The third kappa shape index (κ3) is 4.44. The van der Waals surface area contributed by atoms with E-state index in [1.165, 1.54) is 24.3 Å². The van der Waals surface area contributed by atoms with E-state index < -0.39 is 67.6 Å². The summed E-state index contributed by atoms with van der Waals surface area (Å²) < 4.78 is 95.1. The second kappa shape index (κ2) is 8.71. The van der Waals surface area contributed by atoms with Crippen LogP contribution in [0.5, 0.6) is 0 Å². The minimum atomic E-state index is -5.42. The molecule has 5 nitrogen and oxygen atoms in total. The molecule has 2 aromatic rings. The van der Waals surface area contributed by atoms with Crippen molar-refractivity contribution in [1.29, 1.82) is 26.3 Å². The lowest BCUT2D eigenvalue weighted by atomic mass is 9.92. The molecule has 0 aliphatic carbocycles. The highest BCUT2D eigenvalue weighted by molar-refractivity contribution is 5.80. The monoisotopic (exact) mass is 459 g/mol. The van der Waals surface area contributed by atoms with Crippen molar-refractivity contribution in [2.24, 2.45) is 0 Å². The molecule has 0 bridgehead atoms. The van der Waals surface area contributed by atoms with Crippen molar-refractivity contribution in [1.82, 2.24) is 0 Å². The molecule has 2 rings (SSSR count). The Morgan fingerprint density at radius 3 is 1.48 bits per heavy atom. The van der Waals surface area contributed by atoms with Crippen molar-refractivity contribution in [3.05, 3.63) is 68.3 Å². The molecule has 0 fully saturated rings. The lowest BCUT2D eigenvalue weighted by molar-refractivity contribution is -0.143. The van der Waals surface area contributed by atoms with Crippen LogP contribution in [0.3, 0.4) is 0 Å². The first-order valence-corrected chi connectivity index (χ1v) is 8.26. The second-order valence-corrected chi connectivity index (χ2v) is 6.10. The minimum absolute atomic E-state index is 0.113. The van der Waals surface area contributed by atoms with E-state index in [1.54, 1.807) is 0 Å². The van der Waals surface area contributed by atoms with Crippen LogP contribution in [0.25, 0.3) is 11.1 Å². The smallest absolute Gasteiger partial charge is 0.205 e. The van der Waals surface area contributed by atoms with Gasteiger partial charge in [-0.05, 0) is 23.8 Å². The van der Waals surface area contributed by atoms with Crippen molar-refractivity contribution in [3.63, 3.8) is 0 Å². The molecule has 0 saturated heterocycles. The van der Waals surface area contributed by atoms with Crippen LogP contribution in [-0.4, -0.2) is 0 Å². The molecule has 33 heavy (non-hydrogen) atoms. The van der Waals surface area contributed by atoms with Gasteiger partial charge in [-0.1, -0.05) is 6.07 Å². The first-order valence-electron chi connectivity index (χ1n) is 8.26. The number of alkyl halides is 6. The van der Waals surface area contributed by atoms with Crippen molar-refractivity contribution in [3.8, 4) is 30.3 Å². The van der Waals surface area contributed by atoms with E-state index in [9.17, 15) is 41.3 Å². The molecular weight excluding hydrogens is 455 g/mol. The lowest BCUT2D eigenvalue weighted by Gasteiger charge is -2.16. The number of hydrogen-bond donors (Lipinski definition) is 0. The molecule has 0 atom stereocenters. The van der Waals surface area contributed by atoms with Crippen LogP contribution in [0.1, 0.15) is 27.8 Å². The quantitative estimate of drug-likeness (QED) is 0.605. The fraction of sp³-hybridized carbons (Fsp3) is 0.0952. The van der Waals surface area contributed by atoms with Gasteiger partial charge >= 0.3 is 12.4 Å². The zero-order valence-corrected chi connectivity index (χ0v) is 15.7. The largest absolute Gasteiger partial charge is 0.417 e. The number of nitriles is 5. The van der Waals surface area contributed by atoms with Gasteiger partial charge in [0.05, 0.1) is 27.8 Å². The predicted molar refractivity (Wildman–Crippen MR) is 94.3 cm³/mol. The highest BCUT2D eigenvalue weighted by Crippen LogP contribution is 2.40. The predicted octanol–water partition coefficient (Wildman–Crippen LogP) is 3.53. The van der Waals surface area contributed by atoms with Crippen LogP contribution in [0.2, 0.25) is 0 Å². The standard InChI is InChI=1S/C21H4F7N5/c22-19-12(11(5-29)6-30)1-2-13(15(19)8-32)14(7-31)10-3-17(20(23,24)25)16(9-33)18(4-10)21(26,27)28/h1-4H/b14-13-. The fourth-order valence-corrected chi connectivity index (χ4v) is 2.87. The summed E-state index contributed by atoms with van der Waals surface area (Å²) in [5, 5.41) is 44.1. The average molecular weight is 459 g/mol. The molecule has 0 N–H and O–H groups in total. The van der Waals surface area contributed by atoms with Gasteiger partial charge in [0.1, 0.15) is 35.9 Å². The Hall–Kier alpha value is -4.86. The van der Waals surface area contributed by atoms with E-state index in [1.807, 2.05) is 0 Å². The van der Waals surface area contributed by atoms with Gasteiger partial charge in [0.15, 0.2) is 5.82 Å². The molecule has 0 radical (unpaired) electrons. The summed E-state index contributed by atoms with van der Waals surface area (Å²) in [5.41, 5.74) is -9.35. The summed E-state index contributed by atoms with van der Waals surface area (Å²) in [5.74, 6) is -1.47. The van der Waals surface area contributed by atoms with Gasteiger partial charge in [-0.15, -0.1) is 0 Å². The van der Waals surface area contributed by atoms with E-state index in [4.69, 9.17) is 15.8 Å². The Kier molecular flexibility index (Phi) is 6.44. The van der Waals surface area contributed by atoms with Gasteiger partial charge in [-0.25, -0.2) is 4.39 Å². The minimum Gasteiger partial charge on any atom is -0.205 e. The number of hydrogen-bond acceptors (Lipinski definition) is 5. The van der Waals surface area contributed by atoms with Crippen molar-refractivity contribution >= 4 is 11.1 Å². The molecule has 0 saturated carbocycles. The summed E-state index contributed by atoms with van der Waals surface area (Å²) in [6, 6.07) is 8.09. The number of rotatable bonds is 1. The Morgan fingerprint density at radius 2 is 1.12 bits per heavy atom. The lowest BCUT2D eigenvalue weighted by Crippen LogP contribution is -2.23. The van der Waals surface area contributed by atoms with E-state index in [2.05, 4.69) is 0 Å². The Morgan fingerprint density at radius 1 is 0.667 bits per heavy atom. The summed E-state index contributed by atoms with van der Waals surface area (Å²) in [6.45, 7) is 0. The van der Waals surface area contributed by atoms with Gasteiger partial charge in [-0.2, -0.15) is 52.7 Å². The third-order valence-corrected chi connectivity index (χ3v) is 4.28. The maximum atomic E-state index is 14.8. The highest BCUT2D eigenvalue weighted by Gasteiger charge is 2.42. The zero-order chi connectivity index (χ0) is 25.1. The second-order valence-electron chi connectivity index (χ2n) is 6.10. The SMILES string of the molecule is N#CC(C#N)=c1cc/c(=C(\C#N)c2cc(C(F)(F)F)c(C#N)c(C(F)(F)F)c2)c(C#N)c1F. The Bertz CT molecular complexity index is 1450. The van der Waals surface area contributed by atoms with E-state index in [0.29, 0.717) is 0 Å². The normalized spacial score (nSPS) is 11.8. The molecule has 0 unspecified atom stereocenters. The topological polar surface area (TPSA) is 119 Å². The highest BCUT2D eigenvalue weighted by atomic mass is 19.4. The average Bonchev–Trinajstić information content (AvgIpc) is 2.74. The Balaban J connectivity index is 3.19. The number of nitrogens with zero attached hydrogens (tertiary/aromatic N) is 5. The van der Waals surface area contributed by atoms with E-state index in [0.717, 1.165) is 18.2 Å². The molecule has 12 heteroatoms. The molecule has 0 spiro atoms. The molecular formula is C21H4F7N5. The first-order chi connectivity index (χ1) is 15.3. The fourth-order valence-electron chi connectivity index (χ4n) is 2.87. The van der Waals surface area contributed by atoms with Crippen molar-refractivity contribution < 1.29 is 30.7 Å². The maximum Gasteiger partial charge on any atom is 0.417 e. The van der Waals surface area contributed by atoms with Gasteiger partial charge in [0.25, 0.3) is 0 Å². The van der Waals surface area contributed by atoms with Crippen LogP contribution in [-0.2, 0) is 12.4 Å². The van der Waals surface area contributed by atoms with Gasteiger partial charge in [0.2, 0.25) is 0 Å². The number of benzene rings is 2. The molecule has 0 aliphatic rings. The zero-order valence-electron chi connectivity index (χ0n) is 15.7. The molecule has 0 amide bonds. The van der Waals surface area contributed by atoms with Crippen LogP contribution >= 0.6 is 0 Å². The van der Waals surface area contributed by atoms with Crippen LogP contribution < -0.4 is 10.4 Å². The summed E-state index contributed by atoms with van der Waals surface area (Å²) in [7, 11) is 0. The Labute approximate surface area is 180 Å². The molecule has 0 aromatic heterocycles. The molecule has 162 valence electrons. The molecule has 0 aliphatic heterocycles. The van der Waals surface area contributed by atoms with Gasteiger partial charge in [-0.3, -0.25) is 0 Å². The van der Waals surface area contributed by atoms with Crippen molar-refractivity contribution in [2.45, 2.75) is 12.4 Å². The first kappa shape index (κ1) is 24.4. The summed E-state index contributed by atoms with van der Waals surface area (Å²) >= 11 is 0. The number of halogens is 7. The summed E-state index contributed by atoms with van der Waals surface area (Å²) in [6.07, 6.45) is -10.8. The molecule has 2 aromatic carbocycles. The molecule has 0 heterocycles. The van der Waals surface area contributed by atoms with E-state index >= 15 is 0 Å². The van der Waals surface area contributed by atoms with Crippen LogP contribution in [0.4, 0.5) is 30.7 Å².